The number of aliphatic hydroxyl groups excluding tert-OH is 2. The van der Waals surface area contributed by atoms with Crippen LogP contribution in [0.3, 0.4) is 0 Å². The number of benzene rings is 1. The molecule has 2 N–H and O–H groups in total. The zero-order valence-electron chi connectivity index (χ0n) is 10.7. The van der Waals surface area contributed by atoms with Gasteiger partial charge in [-0.2, -0.15) is 0 Å². The number of thiazole rings is 1. The number of aromatic nitrogens is 1. The van der Waals surface area contributed by atoms with Crippen LogP contribution >= 0.6 is 34.7 Å². The van der Waals surface area contributed by atoms with Crippen LogP contribution in [0, 0.1) is 0 Å². The molecule has 20 heavy (non-hydrogen) atoms. The maximum atomic E-state index is 10.8. The van der Waals surface area contributed by atoms with E-state index in [9.17, 15) is 15.0 Å². The van der Waals surface area contributed by atoms with Gasteiger partial charge in [0, 0.05) is 12.7 Å². The van der Waals surface area contributed by atoms with Crippen molar-refractivity contribution in [1.82, 2.24) is 4.98 Å². The van der Waals surface area contributed by atoms with Gasteiger partial charge < -0.3 is 10.2 Å². The summed E-state index contributed by atoms with van der Waals surface area (Å²) in [6.45, 7) is 1.48. The second-order valence-corrected chi connectivity index (χ2v) is 7.22. The van der Waals surface area contributed by atoms with Crippen LogP contribution in [0.1, 0.15) is 25.0 Å². The Morgan fingerprint density at radius 1 is 1.50 bits per heavy atom. The molecule has 0 aliphatic heterocycles. The molecule has 0 spiro atoms. The third kappa shape index (κ3) is 3.93. The summed E-state index contributed by atoms with van der Waals surface area (Å²) in [4.78, 5) is 14.9. The number of nitrogens with zero attached hydrogens (tertiary/aromatic N) is 1. The second kappa shape index (κ2) is 6.87. The summed E-state index contributed by atoms with van der Waals surface area (Å²) in [5.41, 5.74) is 1.40. The van der Waals surface area contributed by atoms with Gasteiger partial charge in [-0.25, -0.2) is 4.98 Å². The summed E-state index contributed by atoms with van der Waals surface area (Å²) in [6.07, 6.45) is -1.53. The van der Waals surface area contributed by atoms with E-state index in [2.05, 4.69) is 4.98 Å². The normalized spacial score (nSPS) is 14.4. The molecule has 0 aliphatic carbocycles. The second-order valence-electron chi connectivity index (χ2n) is 4.33. The number of hydrogen-bond acceptors (Lipinski definition) is 6. The van der Waals surface area contributed by atoms with E-state index in [0.29, 0.717) is 22.2 Å². The molecule has 1 heterocycles. The zero-order chi connectivity index (χ0) is 14.7. The Labute approximate surface area is 129 Å². The molecule has 0 radical (unpaired) electrons. The quantitative estimate of drug-likeness (QED) is 0.881. The summed E-state index contributed by atoms with van der Waals surface area (Å²) in [7, 11) is 0. The van der Waals surface area contributed by atoms with Crippen molar-refractivity contribution in [3.63, 3.8) is 0 Å². The van der Waals surface area contributed by atoms with E-state index in [0.717, 1.165) is 22.0 Å². The van der Waals surface area contributed by atoms with Crippen molar-refractivity contribution in [1.29, 1.82) is 0 Å². The Kier molecular flexibility index (Phi) is 5.40. The minimum Gasteiger partial charge on any atom is -0.390 e. The molecule has 2 unspecified atom stereocenters. The van der Waals surface area contributed by atoms with Gasteiger partial charge in [0.05, 0.1) is 16.3 Å². The molecule has 0 fully saturated rings. The van der Waals surface area contributed by atoms with E-state index in [1.165, 1.54) is 18.3 Å². The van der Waals surface area contributed by atoms with Crippen LogP contribution in [0.5, 0.6) is 0 Å². The van der Waals surface area contributed by atoms with Crippen LogP contribution in [-0.4, -0.2) is 32.2 Å². The van der Waals surface area contributed by atoms with Crippen LogP contribution in [-0.2, 0) is 4.79 Å². The van der Waals surface area contributed by atoms with Crippen LogP contribution in [0.15, 0.2) is 18.2 Å². The van der Waals surface area contributed by atoms with E-state index in [4.69, 9.17) is 11.6 Å². The van der Waals surface area contributed by atoms with Gasteiger partial charge in [0.1, 0.15) is 6.10 Å². The average Bonchev–Trinajstić information content (AvgIpc) is 2.76. The predicted molar refractivity (Wildman–Crippen MR) is 83.4 cm³/mol. The lowest BCUT2D eigenvalue weighted by Crippen LogP contribution is -2.19. The largest absolute Gasteiger partial charge is 0.390 e. The van der Waals surface area contributed by atoms with Crippen LogP contribution in [0.2, 0.25) is 4.47 Å². The first-order chi connectivity index (χ1) is 9.47. The number of halogens is 1. The van der Waals surface area contributed by atoms with Crippen molar-refractivity contribution in [3.8, 4) is 0 Å². The molecule has 0 bridgehead atoms. The molecule has 0 saturated carbocycles. The molecule has 2 aromatic rings. The Hall–Kier alpha value is -0.660. The van der Waals surface area contributed by atoms with E-state index in [1.54, 1.807) is 18.2 Å². The molecular formula is C13H14ClNO3S2. The number of rotatable bonds is 5. The molecule has 7 heteroatoms. The van der Waals surface area contributed by atoms with Crippen LogP contribution < -0.4 is 0 Å². The summed E-state index contributed by atoms with van der Waals surface area (Å²) >= 11 is 8.31. The Morgan fingerprint density at radius 2 is 2.25 bits per heavy atom. The maximum Gasteiger partial charge on any atom is 0.185 e. The lowest BCUT2D eigenvalue weighted by atomic mass is 10.0. The van der Waals surface area contributed by atoms with Gasteiger partial charge in [-0.05, 0) is 24.1 Å². The standard InChI is InChI=1S/C13H14ClNO3S2/c1-7(16)19-5-4-10(17)12(18)8-2-3-9-11(6-8)20-13(14)15-9/h2-3,6,10,12,17-18H,4-5H2,1H3. The summed E-state index contributed by atoms with van der Waals surface area (Å²) in [6, 6.07) is 5.28. The van der Waals surface area contributed by atoms with Crippen molar-refractivity contribution in [3.05, 3.63) is 28.2 Å². The van der Waals surface area contributed by atoms with Gasteiger partial charge >= 0.3 is 0 Å². The molecule has 2 atom stereocenters. The fourth-order valence-corrected chi connectivity index (χ4v) is 3.53. The van der Waals surface area contributed by atoms with E-state index in [1.807, 2.05) is 0 Å². The lowest BCUT2D eigenvalue weighted by Gasteiger charge is -2.17. The molecule has 0 saturated heterocycles. The number of thioether (sulfide) groups is 1. The molecule has 108 valence electrons. The fraction of sp³-hybridized carbons (Fsp3) is 0.385. The zero-order valence-corrected chi connectivity index (χ0v) is 13.1. The highest BCUT2D eigenvalue weighted by Crippen LogP contribution is 2.29. The smallest absolute Gasteiger partial charge is 0.185 e. The summed E-state index contributed by atoms with van der Waals surface area (Å²) in [5.74, 6) is 0.488. The number of hydrogen-bond donors (Lipinski definition) is 2. The first-order valence-corrected chi connectivity index (χ1v) is 8.21. The molecular weight excluding hydrogens is 318 g/mol. The third-order valence-corrected chi connectivity index (χ3v) is 4.78. The van der Waals surface area contributed by atoms with E-state index < -0.39 is 12.2 Å². The average molecular weight is 332 g/mol. The number of carbonyl (C=O) groups is 1. The summed E-state index contributed by atoms with van der Waals surface area (Å²) in [5, 5.41) is 20.1. The van der Waals surface area contributed by atoms with E-state index >= 15 is 0 Å². The minimum atomic E-state index is -0.979. The van der Waals surface area contributed by atoms with Gasteiger partial charge in [-0.1, -0.05) is 29.4 Å². The Balaban J connectivity index is 2.05. The topological polar surface area (TPSA) is 70.4 Å². The SMILES string of the molecule is CC(=O)SCCC(O)C(O)c1ccc2nc(Cl)sc2c1. The molecule has 0 amide bonds. The van der Waals surface area contributed by atoms with Gasteiger partial charge in [-0.15, -0.1) is 11.3 Å². The number of carbonyl (C=O) groups excluding carboxylic acids is 1. The van der Waals surface area contributed by atoms with E-state index in [-0.39, 0.29) is 5.12 Å². The highest BCUT2D eigenvalue weighted by Gasteiger charge is 2.19. The number of fused-ring (bicyclic) bond motifs is 1. The first-order valence-electron chi connectivity index (χ1n) is 6.03. The highest BCUT2D eigenvalue weighted by atomic mass is 35.5. The lowest BCUT2D eigenvalue weighted by molar-refractivity contribution is -0.109. The van der Waals surface area contributed by atoms with Gasteiger partial charge in [0.25, 0.3) is 0 Å². The Morgan fingerprint density at radius 3 is 2.95 bits per heavy atom. The van der Waals surface area contributed by atoms with Crippen molar-refractivity contribution in [2.75, 3.05) is 5.75 Å². The van der Waals surface area contributed by atoms with Crippen molar-refractivity contribution >= 4 is 50.0 Å². The van der Waals surface area contributed by atoms with Crippen LogP contribution in [0.4, 0.5) is 0 Å². The molecule has 1 aromatic carbocycles. The first kappa shape index (κ1) is 15.7. The van der Waals surface area contributed by atoms with Crippen molar-refractivity contribution in [2.24, 2.45) is 0 Å². The highest BCUT2D eigenvalue weighted by molar-refractivity contribution is 8.13. The van der Waals surface area contributed by atoms with Gasteiger partial charge in [-0.3, -0.25) is 4.79 Å². The molecule has 1 aromatic heterocycles. The Bertz CT molecular complexity index is 617. The van der Waals surface area contributed by atoms with Gasteiger partial charge in [0.15, 0.2) is 9.58 Å². The van der Waals surface area contributed by atoms with Crippen molar-refractivity contribution < 1.29 is 15.0 Å². The monoisotopic (exact) mass is 331 g/mol. The molecule has 4 nitrogen and oxygen atoms in total. The number of aliphatic hydroxyl groups is 2. The molecule has 2 rings (SSSR count). The minimum absolute atomic E-state index is 0.00686. The maximum absolute atomic E-state index is 10.8. The van der Waals surface area contributed by atoms with Gasteiger partial charge in [0.2, 0.25) is 0 Å². The fourth-order valence-electron chi connectivity index (χ4n) is 1.80. The van der Waals surface area contributed by atoms with Crippen molar-refractivity contribution in [2.45, 2.75) is 25.6 Å². The third-order valence-electron chi connectivity index (χ3n) is 2.81. The van der Waals surface area contributed by atoms with Crippen LogP contribution in [0.25, 0.3) is 10.2 Å². The predicted octanol–water partition coefficient (Wildman–Crippen LogP) is 3.01. The summed E-state index contributed by atoms with van der Waals surface area (Å²) < 4.78 is 1.32. The molecule has 0 aliphatic rings.